The fourth-order valence-corrected chi connectivity index (χ4v) is 4.02. The molecule has 3 N–H and O–H groups in total. The van der Waals surface area contributed by atoms with Crippen LogP contribution in [-0.4, -0.2) is 24.7 Å². The first kappa shape index (κ1) is 41.0. The van der Waals surface area contributed by atoms with Crippen molar-refractivity contribution < 1.29 is 13.2 Å². The van der Waals surface area contributed by atoms with E-state index in [1.165, 1.54) is 18.7 Å². The second kappa shape index (κ2) is 22.5. The van der Waals surface area contributed by atoms with Crippen molar-refractivity contribution in [1.82, 2.24) is 10.2 Å². The third-order valence-corrected chi connectivity index (χ3v) is 6.01. The highest BCUT2D eigenvalue weighted by Gasteiger charge is 2.33. The number of anilines is 1. The average molecular weight is 623 g/mol. The van der Waals surface area contributed by atoms with E-state index in [0.717, 1.165) is 29.7 Å². The minimum Gasteiger partial charge on any atom is -0.355 e. The predicted octanol–water partition coefficient (Wildman–Crippen LogP) is 10.7. The van der Waals surface area contributed by atoms with Crippen molar-refractivity contribution in [3.8, 4) is 11.8 Å². The summed E-state index contributed by atoms with van der Waals surface area (Å²) in [5.41, 5.74) is 4.58. The zero-order chi connectivity index (χ0) is 34.4. The van der Waals surface area contributed by atoms with Crippen LogP contribution < -0.4 is 10.6 Å². The summed E-state index contributed by atoms with van der Waals surface area (Å²) in [7, 11) is 1.83. The van der Waals surface area contributed by atoms with E-state index >= 15 is 0 Å². The predicted molar refractivity (Wildman–Crippen MR) is 189 cm³/mol. The molecule has 4 nitrogen and oxygen atoms in total. The Morgan fingerprint density at radius 2 is 1.73 bits per heavy atom. The normalized spacial score (nSPS) is 11.5. The Kier molecular flexibility index (Phi) is 20.5. The van der Waals surface area contributed by atoms with E-state index in [9.17, 15) is 13.2 Å². The topological polar surface area (TPSA) is 51.2 Å². The van der Waals surface area contributed by atoms with Crippen molar-refractivity contribution in [2.75, 3.05) is 18.9 Å². The van der Waals surface area contributed by atoms with Gasteiger partial charge in [-0.1, -0.05) is 90.8 Å². The Hall–Kier alpha value is -4.02. The van der Waals surface area contributed by atoms with Gasteiger partial charge in [0.05, 0.1) is 11.3 Å². The summed E-state index contributed by atoms with van der Waals surface area (Å²) in [5, 5.41) is 13.4. The van der Waals surface area contributed by atoms with E-state index in [4.69, 9.17) is 5.41 Å². The van der Waals surface area contributed by atoms with Gasteiger partial charge in [0.15, 0.2) is 0 Å². The van der Waals surface area contributed by atoms with Gasteiger partial charge in [-0.3, -0.25) is 0 Å². The summed E-state index contributed by atoms with van der Waals surface area (Å²) in [6.45, 7) is 20.9. The minimum absolute atomic E-state index is 0.232. The highest BCUT2D eigenvalue weighted by Crippen LogP contribution is 2.35. The Bertz CT molecular complexity index is 1360. The molecule has 246 valence electrons. The molecule has 0 aliphatic heterocycles. The third kappa shape index (κ3) is 15.5. The lowest BCUT2D eigenvalue weighted by Gasteiger charge is -2.21. The molecule has 2 rings (SSSR count). The van der Waals surface area contributed by atoms with Gasteiger partial charge < -0.3 is 20.9 Å². The van der Waals surface area contributed by atoms with Gasteiger partial charge in [-0.05, 0) is 93.2 Å². The molecular formula is C38H53F3N4. The molecule has 0 fully saturated rings. The molecule has 0 unspecified atom stereocenters. The summed E-state index contributed by atoms with van der Waals surface area (Å²) >= 11 is 0. The quantitative estimate of drug-likeness (QED) is 0.125. The van der Waals surface area contributed by atoms with Gasteiger partial charge in [0, 0.05) is 35.4 Å². The average Bonchev–Trinajstić information content (AvgIpc) is 3.00. The molecular weight excluding hydrogens is 569 g/mol. The molecule has 0 aliphatic rings. The zero-order valence-corrected chi connectivity index (χ0v) is 28.7. The third-order valence-electron chi connectivity index (χ3n) is 6.01. The summed E-state index contributed by atoms with van der Waals surface area (Å²) in [5.74, 6) is 6.31. The van der Waals surface area contributed by atoms with Crippen LogP contribution in [0.3, 0.4) is 0 Å². The first-order valence-corrected chi connectivity index (χ1v) is 15.7. The van der Waals surface area contributed by atoms with Crippen molar-refractivity contribution in [3.63, 3.8) is 0 Å². The van der Waals surface area contributed by atoms with Gasteiger partial charge in [-0.2, -0.15) is 13.2 Å². The van der Waals surface area contributed by atoms with Crippen LogP contribution in [-0.2, 0) is 12.7 Å². The van der Waals surface area contributed by atoms with E-state index in [-0.39, 0.29) is 12.1 Å². The first-order valence-electron chi connectivity index (χ1n) is 15.7. The lowest BCUT2D eigenvalue weighted by Crippen LogP contribution is -2.21. The minimum atomic E-state index is -4.46. The van der Waals surface area contributed by atoms with Crippen molar-refractivity contribution >= 4 is 17.6 Å². The summed E-state index contributed by atoms with van der Waals surface area (Å²) in [6.07, 6.45) is 6.56. The molecule has 0 aromatic heterocycles. The van der Waals surface area contributed by atoms with Gasteiger partial charge in [-0.15, -0.1) is 0 Å². The molecule has 7 heteroatoms. The van der Waals surface area contributed by atoms with Gasteiger partial charge in [0.25, 0.3) is 0 Å². The molecule has 0 bridgehead atoms. The maximum absolute atomic E-state index is 14.0. The highest BCUT2D eigenvalue weighted by atomic mass is 19.4. The van der Waals surface area contributed by atoms with Crippen LogP contribution in [0.5, 0.6) is 0 Å². The van der Waals surface area contributed by atoms with Crippen LogP contribution in [0, 0.1) is 24.2 Å². The fourth-order valence-electron chi connectivity index (χ4n) is 4.02. The maximum Gasteiger partial charge on any atom is 0.416 e. The molecule has 0 aliphatic carbocycles. The smallest absolute Gasteiger partial charge is 0.355 e. The lowest BCUT2D eigenvalue weighted by molar-refractivity contribution is -0.138. The Labute approximate surface area is 270 Å². The second-order valence-corrected chi connectivity index (χ2v) is 10.1. The number of hydrogen-bond donors (Lipinski definition) is 3. The number of nitrogens with zero attached hydrogens (tertiary/aromatic N) is 1. The van der Waals surface area contributed by atoms with Crippen LogP contribution in [0.2, 0.25) is 0 Å². The molecule has 0 heterocycles. The Morgan fingerprint density at radius 1 is 1.07 bits per heavy atom. The number of halogens is 3. The number of allylic oxidation sites excluding steroid dienone is 5. The van der Waals surface area contributed by atoms with E-state index in [1.54, 1.807) is 24.3 Å². The van der Waals surface area contributed by atoms with Crippen molar-refractivity contribution in [2.45, 2.75) is 87.4 Å². The lowest BCUT2D eigenvalue weighted by atomic mass is 10.0. The number of hydrogen-bond acceptors (Lipinski definition) is 4. The SMILES string of the molecule is C=C(/C=C\C=N)N/C(C#Cc1cc(/C(=C\CC)Nc2ccc(CN(C)CCC)c(C(F)(F)F)c2)ccc1C)=C\C.CC.CCC. The van der Waals surface area contributed by atoms with E-state index < -0.39 is 11.7 Å². The number of rotatable bonds is 12. The zero-order valence-electron chi connectivity index (χ0n) is 28.7. The Morgan fingerprint density at radius 3 is 2.29 bits per heavy atom. The van der Waals surface area contributed by atoms with Crippen molar-refractivity contribution in [3.05, 3.63) is 106 Å². The standard InChI is InChI=1S/C33H39F3N4.C3H8.C2H6/c1-7-11-32(39-30-18-16-28(23-40(6)20-8-2)31(22-30)33(34,35)36)27-14-13-24(4)26(21-27)15-17-29(9-3)38-25(5)12-10-19-37;1-3-2;1-2/h9-14,16,18-19,21-22,37-39H,5,7-8,20,23H2,1-4,6H3;3H2,1-2H3;1-2H3/b12-10-,29-9-,32-11+,37-19?;;. The number of benzene rings is 2. The van der Waals surface area contributed by atoms with Crippen molar-refractivity contribution in [2.24, 2.45) is 0 Å². The van der Waals surface area contributed by atoms with Crippen molar-refractivity contribution in [1.29, 1.82) is 5.41 Å². The van der Waals surface area contributed by atoms with Gasteiger partial charge >= 0.3 is 6.18 Å². The molecule has 2 aromatic rings. The number of nitrogens with one attached hydrogen (secondary N) is 3. The van der Waals surface area contributed by atoms with Gasteiger partial charge in [-0.25, -0.2) is 0 Å². The molecule has 45 heavy (non-hydrogen) atoms. The summed E-state index contributed by atoms with van der Waals surface area (Å²) in [6, 6.07) is 10.3. The first-order chi connectivity index (χ1) is 21.4. The maximum atomic E-state index is 14.0. The molecule has 0 spiro atoms. The van der Waals surface area contributed by atoms with Crippen LogP contribution in [0.25, 0.3) is 5.70 Å². The van der Waals surface area contributed by atoms with E-state index in [2.05, 4.69) is 42.9 Å². The second-order valence-electron chi connectivity index (χ2n) is 10.1. The molecule has 0 saturated carbocycles. The summed E-state index contributed by atoms with van der Waals surface area (Å²) < 4.78 is 42.0. The largest absolute Gasteiger partial charge is 0.416 e. The van der Waals surface area contributed by atoms with Gasteiger partial charge in [0.2, 0.25) is 0 Å². The highest BCUT2D eigenvalue weighted by molar-refractivity contribution is 5.78. The van der Waals surface area contributed by atoms with Crippen LogP contribution in [0.15, 0.2) is 78.7 Å². The Balaban J connectivity index is 0.00000364. The summed E-state index contributed by atoms with van der Waals surface area (Å²) in [4.78, 5) is 1.90. The molecule has 0 amide bonds. The molecule has 0 atom stereocenters. The molecule has 0 radical (unpaired) electrons. The van der Waals surface area contributed by atoms with Crippen LogP contribution >= 0.6 is 0 Å². The molecule has 0 saturated heterocycles. The van der Waals surface area contributed by atoms with E-state index in [1.807, 2.05) is 83.8 Å². The molecule has 2 aromatic carbocycles. The number of aryl methyl sites for hydroxylation is 1. The monoisotopic (exact) mass is 622 g/mol. The fraction of sp³-hybridized carbons (Fsp3) is 0.395. The van der Waals surface area contributed by atoms with Gasteiger partial charge in [0.1, 0.15) is 0 Å². The van der Waals surface area contributed by atoms with E-state index in [0.29, 0.717) is 29.2 Å². The van der Waals surface area contributed by atoms with Crippen LogP contribution in [0.4, 0.5) is 18.9 Å². The number of alkyl halides is 3. The van der Waals surface area contributed by atoms with Crippen LogP contribution in [0.1, 0.15) is 95.5 Å².